The van der Waals surface area contributed by atoms with Gasteiger partial charge in [0, 0.05) is 17.8 Å². The molecule has 0 aliphatic carbocycles. The molecule has 8 nitrogen and oxygen atoms in total. The number of nitrogens with zero attached hydrogens (tertiary/aromatic N) is 2. The lowest BCUT2D eigenvalue weighted by Crippen LogP contribution is -2.38. The number of ether oxygens (including phenoxy) is 1. The second kappa shape index (κ2) is 7.22. The molecule has 1 aliphatic heterocycles. The number of rotatable bonds is 5. The van der Waals surface area contributed by atoms with Gasteiger partial charge < -0.3 is 14.1 Å². The van der Waals surface area contributed by atoms with Gasteiger partial charge in [-0.05, 0) is 37.1 Å². The lowest BCUT2D eigenvalue weighted by Gasteiger charge is -2.22. The monoisotopic (exact) mass is 356 g/mol. The first-order valence-electron chi connectivity index (χ1n) is 7.94. The van der Waals surface area contributed by atoms with Gasteiger partial charge in [-0.25, -0.2) is 4.79 Å². The Bertz CT molecular complexity index is 885. The predicted molar refractivity (Wildman–Crippen MR) is 92.4 cm³/mol. The number of amides is 1. The fourth-order valence-electron chi connectivity index (χ4n) is 2.88. The third kappa shape index (κ3) is 3.64. The van der Waals surface area contributed by atoms with Crippen LogP contribution in [0.4, 0.5) is 11.6 Å². The van der Waals surface area contributed by atoms with E-state index in [2.05, 4.69) is 0 Å². The summed E-state index contributed by atoms with van der Waals surface area (Å²) in [5.41, 5.74) is 1.92. The number of carbonyl (C=O) groups excluding carboxylic acids is 2. The fourth-order valence-corrected chi connectivity index (χ4v) is 2.88. The van der Waals surface area contributed by atoms with E-state index in [1.807, 2.05) is 31.2 Å². The maximum atomic E-state index is 12.4. The standard InChI is InChI=1S/C18H16N2O6/c1-12-10-13-4-2-3-5-15(13)19(12)16(21)11-25-18(22)9-7-14-6-8-17(26-14)20(23)24/h2-9,12H,10-11H2,1H3/b9-7+/t12-/m0/s1. The van der Waals surface area contributed by atoms with E-state index in [1.165, 1.54) is 18.2 Å². The van der Waals surface area contributed by atoms with E-state index in [-0.39, 0.29) is 24.3 Å². The number of nitro groups is 1. The molecule has 0 saturated heterocycles. The molecular weight excluding hydrogens is 340 g/mol. The number of furan rings is 1. The van der Waals surface area contributed by atoms with Crippen molar-refractivity contribution in [1.29, 1.82) is 0 Å². The van der Waals surface area contributed by atoms with Crippen LogP contribution in [-0.2, 0) is 20.7 Å². The van der Waals surface area contributed by atoms with Crippen LogP contribution in [0.3, 0.4) is 0 Å². The fraction of sp³-hybridized carbons (Fsp3) is 0.222. The summed E-state index contributed by atoms with van der Waals surface area (Å²) in [6.45, 7) is 1.55. The Hall–Kier alpha value is -3.42. The van der Waals surface area contributed by atoms with E-state index >= 15 is 0 Å². The summed E-state index contributed by atoms with van der Waals surface area (Å²) >= 11 is 0. The molecule has 134 valence electrons. The highest BCUT2D eigenvalue weighted by Crippen LogP contribution is 2.31. The van der Waals surface area contributed by atoms with E-state index in [0.717, 1.165) is 23.7 Å². The van der Waals surface area contributed by atoms with Crippen molar-refractivity contribution in [2.75, 3.05) is 11.5 Å². The quantitative estimate of drug-likeness (QED) is 0.353. The molecule has 0 spiro atoms. The summed E-state index contributed by atoms with van der Waals surface area (Å²) < 4.78 is 9.85. The van der Waals surface area contributed by atoms with Crippen molar-refractivity contribution >= 4 is 29.5 Å². The lowest BCUT2D eigenvalue weighted by atomic mass is 10.1. The predicted octanol–water partition coefficient (Wildman–Crippen LogP) is 2.72. The van der Waals surface area contributed by atoms with Crippen molar-refractivity contribution in [3.8, 4) is 0 Å². The highest BCUT2D eigenvalue weighted by molar-refractivity contribution is 5.98. The van der Waals surface area contributed by atoms with Crippen molar-refractivity contribution in [2.24, 2.45) is 0 Å². The van der Waals surface area contributed by atoms with Crippen LogP contribution in [0.15, 0.2) is 46.9 Å². The summed E-state index contributed by atoms with van der Waals surface area (Å²) in [6.07, 6.45) is 3.05. The van der Waals surface area contributed by atoms with Gasteiger partial charge >= 0.3 is 11.9 Å². The summed E-state index contributed by atoms with van der Waals surface area (Å²) in [5.74, 6) is -1.33. The minimum absolute atomic E-state index is 0.00203. The highest BCUT2D eigenvalue weighted by Gasteiger charge is 2.30. The average molecular weight is 356 g/mol. The molecule has 3 rings (SSSR count). The van der Waals surface area contributed by atoms with E-state index < -0.39 is 16.8 Å². The molecule has 2 aromatic rings. The molecule has 26 heavy (non-hydrogen) atoms. The molecule has 1 atom stereocenters. The van der Waals surface area contributed by atoms with E-state index in [0.29, 0.717) is 0 Å². The second-order valence-corrected chi connectivity index (χ2v) is 5.82. The molecule has 0 unspecified atom stereocenters. The van der Waals surface area contributed by atoms with Crippen molar-refractivity contribution in [2.45, 2.75) is 19.4 Å². The van der Waals surface area contributed by atoms with Gasteiger partial charge in [0.2, 0.25) is 0 Å². The number of hydrogen-bond acceptors (Lipinski definition) is 6. The molecule has 0 fully saturated rings. The summed E-state index contributed by atoms with van der Waals surface area (Å²) in [4.78, 5) is 35.6. The smallest absolute Gasteiger partial charge is 0.433 e. The third-order valence-corrected chi connectivity index (χ3v) is 3.99. The van der Waals surface area contributed by atoms with E-state index in [1.54, 1.807) is 4.90 Å². The average Bonchev–Trinajstić information content (AvgIpc) is 3.21. The molecule has 1 aliphatic rings. The van der Waals surface area contributed by atoms with Crippen LogP contribution in [-0.4, -0.2) is 29.4 Å². The van der Waals surface area contributed by atoms with Crippen LogP contribution in [0.25, 0.3) is 6.08 Å². The topological polar surface area (TPSA) is 103 Å². The molecule has 0 radical (unpaired) electrons. The first-order chi connectivity index (χ1) is 12.5. The molecule has 2 heterocycles. The number of carbonyl (C=O) groups is 2. The van der Waals surface area contributed by atoms with Crippen LogP contribution < -0.4 is 4.90 Å². The van der Waals surface area contributed by atoms with Gasteiger partial charge in [0.05, 0.1) is 6.07 Å². The van der Waals surface area contributed by atoms with Gasteiger partial charge in [0.1, 0.15) is 10.7 Å². The normalized spacial score (nSPS) is 15.9. The summed E-state index contributed by atoms with van der Waals surface area (Å²) in [7, 11) is 0. The molecule has 1 aromatic heterocycles. The molecule has 1 aromatic carbocycles. The molecule has 0 bridgehead atoms. The van der Waals surface area contributed by atoms with Gasteiger partial charge in [-0.2, -0.15) is 0 Å². The molecule has 1 amide bonds. The van der Waals surface area contributed by atoms with Crippen LogP contribution in [0.5, 0.6) is 0 Å². The number of benzene rings is 1. The van der Waals surface area contributed by atoms with Crippen molar-refractivity contribution in [1.82, 2.24) is 0 Å². The van der Waals surface area contributed by atoms with Crippen LogP contribution in [0.2, 0.25) is 0 Å². The SMILES string of the molecule is C[C@H]1Cc2ccccc2N1C(=O)COC(=O)/C=C/c1ccc([N+](=O)[O-])o1. The number of hydrogen-bond donors (Lipinski definition) is 0. The maximum Gasteiger partial charge on any atom is 0.433 e. The second-order valence-electron chi connectivity index (χ2n) is 5.82. The Kier molecular flexibility index (Phi) is 4.83. The first-order valence-corrected chi connectivity index (χ1v) is 7.94. The van der Waals surface area contributed by atoms with Crippen LogP contribution in [0, 0.1) is 10.1 Å². The minimum atomic E-state index is -0.738. The lowest BCUT2D eigenvalue weighted by molar-refractivity contribution is -0.402. The van der Waals surface area contributed by atoms with E-state index in [4.69, 9.17) is 9.15 Å². The zero-order chi connectivity index (χ0) is 18.7. The minimum Gasteiger partial charge on any atom is -0.452 e. The number of anilines is 1. The van der Waals surface area contributed by atoms with E-state index in [9.17, 15) is 19.7 Å². The molecule has 0 saturated carbocycles. The summed E-state index contributed by atoms with van der Waals surface area (Å²) in [5, 5.41) is 10.5. The van der Waals surface area contributed by atoms with Gasteiger partial charge in [-0.15, -0.1) is 0 Å². The Labute approximate surface area is 148 Å². The van der Waals surface area contributed by atoms with Gasteiger partial charge in [0.15, 0.2) is 6.61 Å². The first kappa shape index (κ1) is 17.4. The Morgan fingerprint density at radius 1 is 1.35 bits per heavy atom. The zero-order valence-corrected chi connectivity index (χ0v) is 14.0. The maximum absolute atomic E-state index is 12.4. The zero-order valence-electron chi connectivity index (χ0n) is 14.0. The summed E-state index contributed by atoms with van der Waals surface area (Å²) in [6, 6.07) is 10.1. The highest BCUT2D eigenvalue weighted by atomic mass is 16.6. The third-order valence-electron chi connectivity index (χ3n) is 3.99. The van der Waals surface area contributed by atoms with Gasteiger partial charge in [-0.3, -0.25) is 14.9 Å². The van der Waals surface area contributed by atoms with Gasteiger partial charge in [0.25, 0.3) is 5.91 Å². The van der Waals surface area contributed by atoms with Crippen molar-refractivity contribution in [3.05, 3.63) is 63.9 Å². The molecular formula is C18H16N2O6. The number of fused-ring (bicyclic) bond motifs is 1. The van der Waals surface area contributed by atoms with Crippen molar-refractivity contribution < 1.29 is 23.7 Å². The Morgan fingerprint density at radius 3 is 2.85 bits per heavy atom. The Balaban J connectivity index is 1.56. The van der Waals surface area contributed by atoms with Crippen LogP contribution in [0.1, 0.15) is 18.2 Å². The van der Waals surface area contributed by atoms with Gasteiger partial charge in [-0.1, -0.05) is 18.2 Å². The number of para-hydroxylation sites is 1. The largest absolute Gasteiger partial charge is 0.452 e. The molecule has 0 N–H and O–H groups in total. The Morgan fingerprint density at radius 2 is 2.12 bits per heavy atom. The molecule has 8 heteroatoms. The van der Waals surface area contributed by atoms with Crippen molar-refractivity contribution in [3.63, 3.8) is 0 Å². The number of esters is 1. The van der Waals surface area contributed by atoms with Crippen LogP contribution >= 0.6 is 0 Å².